The van der Waals surface area contributed by atoms with Gasteiger partial charge in [-0.3, -0.25) is 9.59 Å². The van der Waals surface area contributed by atoms with Crippen LogP contribution < -0.4 is 0 Å². The Morgan fingerprint density at radius 1 is 0.889 bits per heavy atom. The summed E-state index contributed by atoms with van der Waals surface area (Å²) in [5, 5.41) is 18.0. The van der Waals surface area contributed by atoms with Gasteiger partial charge in [0.1, 0.15) is 0 Å². The molecule has 0 aromatic carbocycles. The minimum absolute atomic E-state index is 0.0386. The van der Waals surface area contributed by atoms with Crippen molar-refractivity contribution in [3.8, 4) is 0 Å². The molecule has 0 saturated heterocycles. The largest absolute Gasteiger partial charge is 0.481 e. The predicted octanol–water partition coefficient (Wildman–Crippen LogP) is 3.30. The van der Waals surface area contributed by atoms with Crippen molar-refractivity contribution < 1.29 is 19.8 Å². The maximum atomic E-state index is 11.2. The first-order chi connectivity index (χ1) is 8.61. The molecule has 0 aliphatic heterocycles. The molecule has 104 valence electrons. The lowest BCUT2D eigenvalue weighted by Crippen LogP contribution is -2.26. The second-order valence-electron chi connectivity index (χ2n) is 5.35. The highest BCUT2D eigenvalue weighted by Gasteiger charge is 2.29. The fourth-order valence-corrected chi connectivity index (χ4v) is 2.89. The zero-order chi connectivity index (χ0) is 13.4. The number of aliphatic carboxylic acids is 2. The van der Waals surface area contributed by atoms with Crippen molar-refractivity contribution in [3.05, 3.63) is 0 Å². The summed E-state index contributed by atoms with van der Waals surface area (Å²) >= 11 is 0. The standard InChI is InChI=1S/C14H24O4/c15-13(16)10-12(14(17)18)11-8-6-4-2-1-3-5-7-9-11/h11-12H,1-10H2,(H,15,16)(H,17,18). The van der Waals surface area contributed by atoms with Gasteiger partial charge in [0.15, 0.2) is 0 Å². The quantitative estimate of drug-likeness (QED) is 0.809. The Bertz CT molecular complexity index is 265. The van der Waals surface area contributed by atoms with E-state index in [9.17, 15) is 14.7 Å². The highest BCUT2D eigenvalue weighted by Crippen LogP contribution is 2.29. The monoisotopic (exact) mass is 256 g/mol. The summed E-state index contributed by atoms with van der Waals surface area (Å²) < 4.78 is 0. The summed E-state index contributed by atoms with van der Waals surface area (Å²) in [5.41, 5.74) is 0. The van der Waals surface area contributed by atoms with Crippen molar-refractivity contribution in [1.82, 2.24) is 0 Å². The minimum atomic E-state index is -1.00. The van der Waals surface area contributed by atoms with E-state index in [1.165, 1.54) is 19.3 Å². The minimum Gasteiger partial charge on any atom is -0.481 e. The molecule has 0 heterocycles. The molecule has 4 heteroatoms. The molecule has 0 amide bonds. The molecule has 1 fully saturated rings. The molecule has 0 aromatic rings. The Hall–Kier alpha value is -1.06. The van der Waals surface area contributed by atoms with Crippen molar-refractivity contribution in [2.45, 2.75) is 64.2 Å². The topological polar surface area (TPSA) is 74.6 Å². The fraction of sp³-hybridized carbons (Fsp3) is 0.857. The summed E-state index contributed by atoms with van der Waals surface area (Å²) in [6.45, 7) is 0. The smallest absolute Gasteiger partial charge is 0.307 e. The molecule has 1 aliphatic rings. The Morgan fingerprint density at radius 3 is 1.72 bits per heavy atom. The molecule has 1 aliphatic carbocycles. The van der Waals surface area contributed by atoms with Gasteiger partial charge in [-0.25, -0.2) is 0 Å². The van der Waals surface area contributed by atoms with Crippen LogP contribution in [-0.4, -0.2) is 22.2 Å². The van der Waals surface area contributed by atoms with Gasteiger partial charge in [-0.05, 0) is 18.8 Å². The average molecular weight is 256 g/mol. The van der Waals surface area contributed by atoms with Gasteiger partial charge >= 0.3 is 11.9 Å². The van der Waals surface area contributed by atoms with E-state index >= 15 is 0 Å². The van der Waals surface area contributed by atoms with Crippen LogP contribution in [0.15, 0.2) is 0 Å². The van der Waals surface area contributed by atoms with Gasteiger partial charge in [-0.1, -0.05) is 44.9 Å². The summed E-state index contributed by atoms with van der Waals surface area (Å²) in [6, 6.07) is 0. The molecule has 0 aromatic heterocycles. The van der Waals surface area contributed by atoms with Crippen LogP contribution in [0.2, 0.25) is 0 Å². The zero-order valence-electron chi connectivity index (χ0n) is 10.9. The van der Waals surface area contributed by atoms with Crippen LogP contribution >= 0.6 is 0 Å². The van der Waals surface area contributed by atoms with E-state index < -0.39 is 17.9 Å². The van der Waals surface area contributed by atoms with E-state index in [4.69, 9.17) is 5.11 Å². The van der Waals surface area contributed by atoms with Gasteiger partial charge in [0.2, 0.25) is 0 Å². The molecule has 4 nitrogen and oxygen atoms in total. The lowest BCUT2D eigenvalue weighted by atomic mass is 9.81. The van der Waals surface area contributed by atoms with Gasteiger partial charge in [0, 0.05) is 0 Å². The van der Waals surface area contributed by atoms with Gasteiger partial charge in [0.25, 0.3) is 0 Å². The third-order valence-electron chi connectivity index (χ3n) is 3.93. The summed E-state index contributed by atoms with van der Waals surface area (Å²) in [6.07, 6.45) is 9.59. The van der Waals surface area contributed by atoms with E-state index in [1.54, 1.807) is 0 Å². The Morgan fingerprint density at radius 2 is 1.33 bits per heavy atom. The van der Waals surface area contributed by atoms with Crippen LogP contribution in [0.4, 0.5) is 0 Å². The average Bonchev–Trinajstić information content (AvgIpc) is 2.32. The number of rotatable bonds is 4. The molecular formula is C14H24O4. The lowest BCUT2D eigenvalue weighted by molar-refractivity contribution is -0.150. The van der Waals surface area contributed by atoms with Crippen molar-refractivity contribution in [2.75, 3.05) is 0 Å². The van der Waals surface area contributed by atoms with Gasteiger partial charge in [-0.15, -0.1) is 0 Å². The summed E-state index contributed by atoms with van der Waals surface area (Å²) in [7, 11) is 0. The van der Waals surface area contributed by atoms with E-state index in [1.807, 2.05) is 0 Å². The first-order valence-electron chi connectivity index (χ1n) is 7.06. The molecule has 0 spiro atoms. The molecule has 18 heavy (non-hydrogen) atoms. The van der Waals surface area contributed by atoms with Crippen LogP contribution in [0.3, 0.4) is 0 Å². The molecule has 0 radical (unpaired) electrons. The molecular weight excluding hydrogens is 232 g/mol. The van der Waals surface area contributed by atoms with Crippen LogP contribution in [0.1, 0.15) is 64.2 Å². The lowest BCUT2D eigenvalue weighted by Gasteiger charge is -2.23. The Labute approximate surface area is 108 Å². The number of hydrogen-bond acceptors (Lipinski definition) is 2. The second-order valence-corrected chi connectivity index (χ2v) is 5.35. The normalized spacial score (nSPS) is 21.1. The number of carbonyl (C=O) groups is 2. The fourth-order valence-electron chi connectivity index (χ4n) is 2.89. The first-order valence-corrected chi connectivity index (χ1v) is 7.06. The van der Waals surface area contributed by atoms with Crippen LogP contribution in [0.25, 0.3) is 0 Å². The maximum absolute atomic E-state index is 11.2. The highest BCUT2D eigenvalue weighted by molar-refractivity contribution is 5.77. The Balaban J connectivity index is 2.59. The van der Waals surface area contributed by atoms with Crippen molar-refractivity contribution in [3.63, 3.8) is 0 Å². The molecule has 1 saturated carbocycles. The SMILES string of the molecule is O=C(O)CC(C(=O)O)C1CCCCCCCCC1. The van der Waals surface area contributed by atoms with Crippen LogP contribution in [0, 0.1) is 11.8 Å². The van der Waals surface area contributed by atoms with E-state index in [2.05, 4.69) is 0 Å². The van der Waals surface area contributed by atoms with Crippen molar-refractivity contribution >= 4 is 11.9 Å². The van der Waals surface area contributed by atoms with Gasteiger partial charge in [-0.2, -0.15) is 0 Å². The second kappa shape index (κ2) is 8.11. The number of hydrogen-bond donors (Lipinski definition) is 2. The molecule has 0 bridgehead atoms. The van der Waals surface area contributed by atoms with Gasteiger partial charge < -0.3 is 10.2 Å². The van der Waals surface area contributed by atoms with Crippen LogP contribution in [-0.2, 0) is 9.59 Å². The summed E-state index contributed by atoms with van der Waals surface area (Å²) in [4.78, 5) is 22.0. The number of carboxylic acids is 2. The maximum Gasteiger partial charge on any atom is 0.307 e. The van der Waals surface area contributed by atoms with E-state index in [0.29, 0.717) is 0 Å². The first kappa shape index (κ1) is 15.0. The summed E-state index contributed by atoms with van der Waals surface area (Å²) in [5.74, 6) is -2.61. The Kier molecular flexibility index (Phi) is 6.76. The predicted molar refractivity (Wildman–Crippen MR) is 68.4 cm³/mol. The van der Waals surface area contributed by atoms with E-state index in [-0.39, 0.29) is 12.3 Å². The third kappa shape index (κ3) is 5.52. The molecule has 1 rings (SSSR count). The molecule has 2 N–H and O–H groups in total. The van der Waals surface area contributed by atoms with Crippen LogP contribution in [0.5, 0.6) is 0 Å². The van der Waals surface area contributed by atoms with Crippen molar-refractivity contribution in [2.24, 2.45) is 11.8 Å². The molecule has 1 unspecified atom stereocenters. The highest BCUT2D eigenvalue weighted by atomic mass is 16.4. The third-order valence-corrected chi connectivity index (χ3v) is 3.93. The van der Waals surface area contributed by atoms with Gasteiger partial charge in [0.05, 0.1) is 12.3 Å². The van der Waals surface area contributed by atoms with E-state index in [0.717, 1.165) is 38.5 Å². The molecule has 1 atom stereocenters. The van der Waals surface area contributed by atoms with Crippen molar-refractivity contribution in [1.29, 1.82) is 0 Å². The zero-order valence-corrected chi connectivity index (χ0v) is 10.9. The number of carboxylic acid groups (broad SMARTS) is 2.